The van der Waals surface area contributed by atoms with Gasteiger partial charge < -0.3 is 10.1 Å². The van der Waals surface area contributed by atoms with E-state index in [1.807, 2.05) is 48.5 Å². The maximum absolute atomic E-state index is 12.2. The first-order valence-electron chi connectivity index (χ1n) is 7.04. The molecule has 22 heavy (non-hydrogen) atoms. The smallest absolute Gasteiger partial charge is 0.255 e. The molecule has 4 heteroatoms. The summed E-state index contributed by atoms with van der Waals surface area (Å²) in [5, 5.41) is 3.96. The van der Waals surface area contributed by atoms with Crippen LogP contribution in [0.3, 0.4) is 0 Å². The molecule has 0 spiro atoms. The first-order chi connectivity index (χ1) is 10.8. The van der Waals surface area contributed by atoms with Gasteiger partial charge in [-0.15, -0.1) is 0 Å². The Kier molecular flexibility index (Phi) is 4.01. The molecule has 0 saturated heterocycles. The Morgan fingerprint density at radius 1 is 1.05 bits per heavy atom. The minimum absolute atomic E-state index is 0.174. The van der Waals surface area contributed by atoms with Crippen molar-refractivity contribution in [2.75, 3.05) is 7.11 Å². The van der Waals surface area contributed by atoms with Crippen LogP contribution in [0.2, 0.25) is 0 Å². The molecule has 1 heterocycles. The van der Waals surface area contributed by atoms with Gasteiger partial charge in [0.05, 0.1) is 30.4 Å². The number of hydrogen-bond donors (Lipinski definition) is 1. The van der Waals surface area contributed by atoms with Gasteiger partial charge in [-0.25, -0.2) is 0 Å². The second-order valence-electron chi connectivity index (χ2n) is 4.88. The molecule has 0 aliphatic rings. The van der Waals surface area contributed by atoms with Crippen molar-refractivity contribution >= 4 is 16.8 Å². The van der Waals surface area contributed by atoms with Crippen molar-refractivity contribution in [2.45, 2.75) is 6.54 Å². The van der Waals surface area contributed by atoms with Crippen LogP contribution in [0.5, 0.6) is 5.75 Å². The molecule has 0 unspecified atom stereocenters. The molecule has 0 fully saturated rings. The summed E-state index contributed by atoms with van der Waals surface area (Å²) in [6.45, 7) is 0.377. The molecule has 0 atom stereocenters. The zero-order valence-corrected chi connectivity index (χ0v) is 12.2. The lowest BCUT2D eigenvalue weighted by Crippen LogP contribution is -2.23. The van der Waals surface area contributed by atoms with Crippen LogP contribution in [0.15, 0.2) is 60.7 Å². The molecule has 110 valence electrons. The van der Waals surface area contributed by atoms with Crippen LogP contribution in [0, 0.1) is 0 Å². The number of benzene rings is 2. The molecule has 0 bridgehead atoms. The molecule has 3 rings (SSSR count). The lowest BCUT2D eigenvalue weighted by atomic mass is 10.2. The van der Waals surface area contributed by atoms with Crippen molar-refractivity contribution in [3.05, 3.63) is 71.9 Å². The molecule has 1 aromatic heterocycles. The molecule has 0 aliphatic carbocycles. The van der Waals surface area contributed by atoms with E-state index < -0.39 is 0 Å². The van der Waals surface area contributed by atoms with E-state index in [4.69, 9.17) is 4.74 Å². The van der Waals surface area contributed by atoms with Crippen molar-refractivity contribution in [2.24, 2.45) is 0 Å². The van der Waals surface area contributed by atoms with Crippen LogP contribution in [0.25, 0.3) is 10.9 Å². The molecule has 1 N–H and O–H groups in total. The first-order valence-corrected chi connectivity index (χ1v) is 7.04. The van der Waals surface area contributed by atoms with Crippen LogP contribution >= 0.6 is 0 Å². The summed E-state index contributed by atoms with van der Waals surface area (Å²) in [6, 6.07) is 19.0. The van der Waals surface area contributed by atoms with Crippen molar-refractivity contribution in [3.8, 4) is 5.75 Å². The van der Waals surface area contributed by atoms with E-state index in [-0.39, 0.29) is 5.91 Å². The molecule has 0 aliphatic heterocycles. The fraction of sp³-hybridized carbons (Fsp3) is 0.111. The Labute approximate surface area is 128 Å². The van der Waals surface area contributed by atoms with Gasteiger partial charge in [-0.1, -0.05) is 36.4 Å². The molecule has 0 radical (unpaired) electrons. The number of ether oxygens (including phenoxy) is 1. The van der Waals surface area contributed by atoms with E-state index in [2.05, 4.69) is 10.3 Å². The highest BCUT2D eigenvalue weighted by atomic mass is 16.5. The summed E-state index contributed by atoms with van der Waals surface area (Å²) in [5.41, 5.74) is 2.26. The SMILES string of the molecule is COc1ccccc1C(=O)NCc1ccc2ccccc2n1. The Morgan fingerprint density at radius 3 is 2.68 bits per heavy atom. The Balaban J connectivity index is 1.74. The Morgan fingerprint density at radius 2 is 1.82 bits per heavy atom. The number of nitrogens with zero attached hydrogens (tertiary/aromatic N) is 1. The van der Waals surface area contributed by atoms with Crippen molar-refractivity contribution in [1.29, 1.82) is 0 Å². The maximum Gasteiger partial charge on any atom is 0.255 e. The predicted octanol–water partition coefficient (Wildman–Crippen LogP) is 3.17. The minimum atomic E-state index is -0.174. The topological polar surface area (TPSA) is 51.2 Å². The number of carbonyl (C=O) groups excluding carboxylic acids is 1. The van der Waals surface area contributed by atoms with Crippen LogP contribution in [0.4, 0.5) is 0 Å². The monoisotopic (exact) mass is 292 g/mol. The number of methoxy groups -OCH3 is 1. The van der Waals surface area contributed by atoms with Crippen molar-refractivity contribution < 1.29 is 9.53 Å². The fourth-order valence-corrected chi connectivity index (χ4v) is 2.30. The average molecular weight is 292 g/mol. The highest BCUT2D eigenvalue weighted by molar-refractivity contribution is 5.96. The van der Waals surface area contributed by atoms with Gasteiger partial charge >= 0.3 is 0 Å². The fourth-order valence-electron chi connectivity index (χ4n) is 2.30. The van der Waals surface area contributed by atoms with Gasteiger partial charge in [-0.05, 0) is 24.3 Å². The lowest BCUT2D eigenvalue weighted by Gasteiger charge is -2.09. The van der Waals surface area contributed by atoms with Gasteiger partial charge in [0.2, 0.25) is 0 Å². The summed E-state index contributed by atoms with van der Waals surface area (Å²) in [6.07, 6.45) is 0. The molecule has 0 saturated carbocycles. The van der Waals surface area contributed by atoms with E-state index in [9.17, 15) is 4.79 Å². The predicted molar refractivity (Wildman–Crippen MR) is 85.9 cm³/mol. The molecule has 2 aromatic carbocycles. The van der Waals surface area contributed by atoms with E-state index in [0.717, 1.165) is 16.6 Å². The number of nitrogens with one attached hydrogen (secondary N) is 1. The van der Waals surface area contributed by atoms with Gasteiger partial charge in [0, 0.05) is 5.39 Å². The summed E-state index contributed by atoms with van der Waals surface area (Å²) in [5.74, 6) is 0.388. The number of aromatic nitrogens is 1. The summed E-state index contributed by atoms with van der Waals surface area (Å²) in [7, 11) is 1.55. The quantitative estimate of drug-likeness (QED) is 0.803. The number of fused-ring (bicyclic) bond motifs is 1. The normalized spacial score (nSPS) is 10.4. The van der Waals surface area contributed by atoms with E-state index >= 15 is 0 Å². The third kappa shape index (κ3) is 2.91. The second-order valence-corrected chi connectivity index (χ2v) is 4.88. The maximum atomic E-state index is 12.2. The van der Waals surface area contributed by atoms with Crippen molar-refractivity contribution in [3.63, 3.8) is 0 Å². The molecule has 3 aromatic rings. The van der Waals surface area contributed by atoms with Crippen LogP contribution in [0.1, 0.15) is 16.1 Å². The number of para-hydroxylation sites is 2. The standard InChI is InChI=1S/C18H16N2O2/c1-22-17-9-5-3-7-15(17)18(21)19-12-14-11-10-13-6-2-4-8-16(13)20-14/h2-11H,12H2,1H3,(H,19,21). The van der Waals surface area contributed by atoms with E-state index in [1.54, 1.807) is 19.2 Å². The van der Waals surface area contributed by atoms with Crippen LogP contribution < -0.4 is 10.1 Å². The van der Waals surface area contributed by atoms with E-state index in [0.29, 0.717) is 17.9 Å². The summed E-state index contributed by atoms with van der Waals surface area (Å²) >= 11 is 0. The first kappa shape index (κ1) is 14.1. The molecule has 1 amide bonds. The lowest BCUT2D eigenvalue weighted by molar-refractivity contribution is 0.0947. The van der Waals surface area contributed by atoms with Gasteiger partial charge in [-0.2, -0.15) is 0 Å². The Bertz CT molecular complexity index is 815. The van der Waals surface area contributed by atoms with Gasteiger partial charge in [-0.3, -0.25) is 9.78 Å². The highest BCUT2D eigenvalue weighted by Gasteiger charge is 2.11. The second kappa shape index (κ2) is 6.26. The van der Waals surface area contributed by atoms with Gasteiger partial charge in [0.15, 0.2) is 0 Å². The number of amides is 1. The zero-order valence-electron chi connectivity index (χ0n) is 12.2. The minimum Gasteiger partial charge on any atom is -0.496 e. The largest absolute Gasteiger partial charge is 0.496 e. The summed E-state index contributed by atoms with van der Waals surface area (Å²) in [4.78, 5) is 16.8. The third-order valence-electron chi connectivity index (χ3n) is 3.44. The van der Waals surface area contributed by atoms with Crippen LogP contribution in [-0.4, -0.2) is 18.0 Å². The number of carbonyl (C=O) groups is 1. The van der Waals surface area contributed by atoms with E-state index in [1.165, 1.54) is 0 Å². The van der Waals surface area contributed by atoms with Gasteiger partial charge in [0.25, 0.3) is 5.91 Å². The van der Waals surface area contributed by atoms with Gasteiger partial charge in [0.1, 0.15) is 5.75 Å². The number of pyridine rings is 1. The molecular formula is C18H16N2O2. The number of hydrogen-bond acceptors (Lipinski definition) is 3. The molecule has 4 nitrogen and oxygen atoms in total. The molecular weight excluding hydrogens is 276 g/mol. The van der Waals surface area contributed by atoms with Crippen LogP contribution in [-0.2, 0) is 6.54 Å². The third-order valence-corrected chi connectivity index (χ3v) is 3.44. The Hall–Kier alpha value is -2.88. The zero-order chi connectivity index (χ0) is 15.4. The average Bonchev–Trinajstić information content (AvgIpc) is 2.59. The summed E-state index contributed by atoms with van der Waals surface area (Å²) < 4.78 is 5.20. The van der Waals surface area contributed by atoms with Crippen molar-refractivity contribution in [1.82, 2.24) is 10.3 Å². The highest BCUT2D eigenvalue weighted by Crippen LogP contribution is 2.17. The number of rotatable bonds is 4.